The molecule has 0 spiro atoms. The molecular weight excluding hydrogens is 748 g/mol. The van der Waals surface area contributed by atoms with Crippen molar-refractivity contribution >= 4 is 51.6 Å². The van der Waals surface area contributed by atoms with E-state index in [1.54, 1.807) is 24.3 Å². The Labute approximate surface area is 334 Å². The molecule has 0 radical (unpaired) electrons. The first kappa shape index (κ1) is 42.1. The molecule has 16 heteroatoms. The number of aliphatic hydroxyl groups excluding tert-OH is 1. The largest absolute Gasteiger partial charge is 0.506 e. The van der Waals surface area contributed by atoms with Crippen molar-refractivity contribution in [3.8, 4) is 11.5 Å². The summed E-state index contributed by atoms with van der Waals surface area (Å²) in [6.07, 6.45) is 4.10. The second kappa shape index (κ2) is 18.2. The lowest BCUT2D eigenvalue weighted by Crippen LogP contribution is -2.28. The van der Waals surface area contributed by atoms with E-state index in [1.165, 1.54) is 48.5 Å². The molecule has 0 fully saturated rings. The van der Waals surface area contributed by atoms with Crippen LogP contribution in [0.15, 0.2) is 106 Å². The third-order valence-corrected chi connectivity index (χ3v) is 9.32. The van der Waals surface area contributed by atoms with E-state index < -0.39 is 21.5 Å². The van der Waals surface area contributed by atoms with Crippen LogP contribution in [0.2, 0.25) is 0 Å². The van der Waals surface area contributed by atoms with Gasteiger partial charge in [-0.1, -0.05) is 0 Å². The third-order valence-electron chi connectivity index (χ3n) is 9.32. The zero-order chi connectivity index (χ0) is 42.3. The number of nitrogens with zero attached hydrogens (tertiary/aromatic N) is 5. The fraction of sp³-hybridized carbons (Fsp3) is 0.286. The summed E-state index contributed by atoms with van der Waals surface area (Å²) in [5.41, 5.74) is 4.12. The molecule has 2 aliphatic carbocycles. The van der Waals surface area contributed by atoms with Crippen LogP contribution in [0.3, 0.4) is 0 Å². The van der Waals surface area contributed by atoms with Gasteiger partial charge in [0, 0.05) is 87.8 Å². The molecule has 0 atom stereocenters. The number of nitro benzene ring substituents is 2. The highest BCUT2D eigenvalue weighted by Gasteiger charge is 2.40. The maximum absolute atomic E-state index is 14.1. The maximum atomic E-state index is 14.1. The number of nitrogens with one attached hydrogen (secondary N) is 1. The molecule has 5 rings (SSSR count). The quantitative estimate of drug-likeness (QED) is 0.0647. The summed E-state index contributed by atoms with van der Waals surface area (Å²) in [4.78, 5) is 69.3. The minimum atomic E-state index is -0.506. The number of amides is 2. The number of likely N-dealkylation sites (N-methyl/N-ethyl adjacent to an activating group) is 1. The summed E-state index contributed by atoms with van der Waals surface area (Å²) < 4.78 is 11.3. The van der Waals surface area contributed by atoms with E-state index in [0.29, 0.717) is 35.6 Å². The molecule has 3 aromatic rings. The lowest BCUT2D eigenvalue weighted by molar-refractivity contribution is -0.385. The van der Waals surface area contributed by atoms with E-state index in [0.717, 1.165) is 22.5 Å². The highest BCUT2D eigenvalue weighted by molar-refractivity contribution is 6.42. The van der Waals surface area contributed by atoms with Gasteiger partial charge in [-0.15, -0.1) is 0 Å². The molecule has 2 N–H and O–H groups in total. The van der Waals surface area contributed by atoms with Gasteiger partial charge in [0.15, 0.2) is 0 Å². The van der Waals surface area contributed by atoms with Gasteiger partial charge in [-0.25, -0.2) is 4.99 Å². The minimum Gasteiger partial charge on any atom is -0.506 e. The van der Waals surface area contributed by atoms with Crippen molar-refractivity contribution < 1.29 is 38.8 Å². The summed E-state index contributed by atoms with van der Waals surface area (Å²) in [6, 6.07) is 14.7. The number of nitro groups is 2. The lowest BCUT2D eigenvalue weighted by atomic mass is 9.77. The normalized spacial score (nSPS) is 15.6. The van der Waals surface area contributed by atoms with Gasteiger partial charge in [-0.3, -0.25) is 34.6 Å². The Morgan fingerprint density at radius 3 is 1.84 bits per heavy atom. The van der Waals surface area contributed by atoms with Gasteiger partial charge in [0.2, 0.25) is 17.6 Å². The number of hydrogen-bond donors (Lipinski definition) is 2. The van der Waals surface area contributed by atoms with Crippen molar-refractivity contribution in [1.29, 1.82) is 0 Å². The van der Waals surface area contributed by atoms with E-state index in [9.17, 15) is 39.7 Å². The Bertz CT molecular complexity index is 2300. The number of aliphatic hydroxyl groups is 1. The van der Waals surface area contributed by atoms with Crippen molar-refractivity contribution in [3.05, 3.63) is 132 Å². The summed E-state index contributed by atoms with van der Waals surface area (Å²) in [6.45, 7) is 4.04. The van der Waals surface area contributed by atoms with Gasteiger partial charge in [-0.2, -0.15) is 0 Å². The first-order valence-corrected chi connectivity index (χ1v) is 18.3. The van der Waals surface area contributed by atoms with Crippen LogP contribution in [0.5, 0.6) is 11.5 Å². The zero-order valence-corrected chi connectivity index (χ0v) is 33.0. The number of rotatable bonds is 16. The smallest absolute Gasteiger partial charge is 0.269 e. The van der Waals surface area contributed by atoms with Crippen molar-refractivity contribution in [2.24, 2.45) is 4.99 Å². The molecule has 0 saturated heterocycles. The Morgan fingerprint density at radius 1 is 0.793 bits per heavy atom. The van der Waals surface area contributed by atoms with E-state index in [-0.39, 0.29) is 71.5 Å². The van der Waals surface area contributed by atoms with E-state index >= 15 is 0 Å². The number of non-ortho nitro benzene ring substituents is 2. The van der Waals surface area contributed by atoms with Crippen LogP contribution in [0.25, 0.3) is 5.57 Å². The standard InChI is InChI=1S/C42H44N6O10/c1-25-21-31(33(23-35(25)45(3)4)43-37(49)9-7-19-57-29-15-11-27(12-16-29)47(53)54)39-41(51)40(42(39)52)32-22-26(2)36(46(5)6)24-34(32)44-38(50)10-8-20-58-30-17-13-28(14-18-30)48(55)56/h11-18,21-24,51H,7-10,19-20H2,1-6H3,(H,43,49). The highest BCUT2D eigenvalue weighted by atomic mass is 16.6. The number of ether oxygens (including phenoxy) is 2. The fourth-order valence-corrected chi connectivity index (χ4v) is 6.42. The molecule has 0 unspecified atom stereocenters. The fourth-order valence-electron chi connectivity index (χ4n) is 6.42. The average molecular weight is 793 g/mol. The van der Waals surface area contributed by atoms with Crippen LogP contribution in [0.4, 0.5) is 22.7 Å². The van der Waals surface area contributed by atoms with Crippen molar-refractivity contribution in [2.75, 3.05) is 51.6 Å². The highest BCUT2D eigenvalue weighted by Crippen LogP contribution is 2.44. The number of carbonyl (C=O) groups excluding carboxylic acids is 3. The van der Waals surface area contributed by atoms with Crippen LogP contribution in [-0.2, 0) is 14.4 Å². The van der Waals surface area contributed by atoms with Crippen LogP contribution < -0.4 is 19.7 Å². The second-order valence-electron chi connectivity index (χ2n) is 14.0. The molecule has 302 valence electrons. The number of aliphatic imine (C=N–C) groups is 1. The van der Waals surface area contributed by atoms with Gasteiger partial charge < -0.3 is 29.7 Å². The molecule has 2 aliphatic rings. The lowest BCUT2D eigenvalue weighted by Gasteiger charge is -2.29. The van der Waals surface area contributed by atoms with Crippen LogP contribution in [-0.4, -0.2) is 84.6 Å². The molecule has 0 bridgehead atoms. The molecule has 16 nitrogen and oxygen atoms in total. The summed E-state index contributed by atoms with van der Waals surface area (Å²) in [5.74, 6) is -0.767. The maximum Gasteiger partial charge on any atom is 0.269 e. The Kier molecular flexibility index (Phi) is 13.2. The van der Waals surface area contributed by atoms with E-state index in [2.05, 4.69) is 10.3 Å². The number of carbonyl (C=O) groups is 3. The molecule has 0 aromatic heterocycles. The Hall–Kier alpha value is -7.10. The van der Waals surface area contributed by atoms with Crippen LogP contribution in [0, 0.1) is 27.2 Å². The second-order valence-corrected chi connectivity index (χ2v) is 14.0. The predicted octanol–water partition coefficient (Wildman–Crippen LogP) is 7.06. The van der Waals surface area contributed by atoms with E-state index in [1.807, 2.05) is 51.8 Å². The first-order valence-electron chi connectivity index (χ1n) is 18.3. The van der Waals surface area contributed by atoms with Crippen molar-refractivity contribution in [2.45, 2.75) is 39.5 Å². The summed E-state index contributed by atoms with van der Waals surface area (Å²) in [5, 5.41) is 36.3. The van der Waals surface area contributed by atoms with Gasteiger partial charge in [0.25, 0.3) is 11.4 Å². The number of hydrogen-bond acceptors (Lipinski definition) is 12. The van der Waals surface area contributed by atoms with Crippen LogP contribution in [0.1, 0.15) is 43.7 Å². The number of ketones is 1. The molecule has 0 aliphatic heterocycles. The number of benzene rings is 3. The first-order chi connectivity index (χ1) is 27.5. The number of anilines is 2. The van der Waals surface area contributed by atoms with Gasteiger partial charge >= 0.3 is 0 Å². The summed E-state index contributed by atoms with van der Waals surface area (Å²) in [7, 11) is 7.36. The predicted molar refractivity (Wildman–Crippen MR) is 219 cm³/mol. The molecule has 2 amide bonds. The van der Waals surface area contributed by atoms with Gasteiger partial charge in [0.05, 0.1) is 45.6 Å². The van der Waals surface area contributed by atoms with Gasteiger partial charge in [-0.05, 0) is 86.4 Å². The summed E-state index contributed by atoms with van der Waals surface area (Å²) >= 11 is 0. The number of Topliss-reactive ketones (excluding diaryl/α,β-unsaturated/α-hetero) is 1. The molecule has 3 aromatic carbocycles. The van der Waals surface area contributed by atoms with Crippen LogP contribution >= 0.6 is 0 Å². The van der Waals surface area contributed by atoms with E-state index in [4.69, 9.17) is 9.47 Å². The molecular formula is C42H44N6O10. The SMILES string of the molecule is CC1=CC(=C2C(=O)C(c3cc(C)c(N(C)C)cc3NC(=O)CCCOc3ccc([N+](=O)[O-])cc3)=C2O)C(=NC(=O)CCCOc2ccc([N+](=O)[O-])cc2)C=C1N(C)C. The monoisotopic (exact) mass is 792 g/mol. The zero-order valence-electron chi connectivity index (χ0n) is 33.0. The number of aryl methyl sites for hydroxylation is 1. The molecule has 0 heterocycles. The van der Waals surface area contributed by atoms with Crippen molar-refractivity contribution in [1.82, 2.24) is 4.90 Å². The Morgan fingerprint density at radius 2 is 1.34 bits per heavy atom. The topological polar surface area (TPSA) is 207 Å². The molecule has 58 heavy (non-hydrogen) atoms. The third kappa shape index (κ3) is 9.82. The average Bonchev–Trinajstić information content (AvgIpc) is 3.17. The molecule has 0 saturated carbocycles. The number of allylic oxidation sites excluding steroid dienone is 6. The van der Waals surface area contributed by atoms with Gasteiger partial charge in [0.1, 0.15) is 17.3 Å². The minimum absolute atomic E-state index is 0.00790. The van der Waals surface area contributed by atoms with Crippen molar-refractivity contribution in [3.63, 3.8) is 0 Å². The Balaban J connectivity index is 1.36.